The van der Waals surface area contributed by atoms with Crippen LogP contribution in [0.4, 0.5) is 5.69 Å². The van der Waals surface area contributed by atoms with Crippen molar-refractivity contribution in [3.8, 4) is 0 Å². The van der Waals surface area contributed by atoms with Gasteiger partial charge in [-0.1, -0.05) is 12.1 Å². The topological polar surface area (TPSA) is 54.0 Å². The van der Waals surface area contributed by atoms with Gasteiger partial charge in [0.15, 0.2) is 0 Å². The summed E-state index contributed by atoms with van der Waals surface area (Å²) in [6.07, 6.45) is 1.82. The van der Waals surface area contributed by atoms with E-state index >= 15 is 0 Å². The normalized spacial score (nSPS) is 12.1. The smallest absolute Gasteiger partial charge is 0.221 e. The number of hydrogen-bond donors (Lipinski definition) is 2. The van der Waals surface area contributed by atoms with Gasteiger partial charge >= 0.3 is 0 Å². The summed E-state index contributed by atoms with van der Waals surface area (Å²) in [5.41, 5.74) is 2.00. The SMILES string of the molecule is CC(=O)Nc1ccc(CNC(C)c2nccs2)cc1. The third-order valence-corrected chi connectivity index (χ3v) is 3.67. The van der Waals surface area contributed by atoms with E-state index in [1.807, 2.05) is 35.8 Å². The standard InChI is InChI=1S/C14H17N3OS/c1-10(14-15-7-8-19-14)16-9-12-3-5-13(6-4-12)17-11(2)18/h3-8,10,16H,9H2,1-2H3,(H,17,18). The number of carbonyl (C=O) groups is 1. The van der Waals surface area contributed by atoms with E-state index in [9.17, 15) is 4.79 Å². The molecule has 1 unspecified atom stereocenters. The summed E-state index contributed by atoms with van der Waals surface area (Å²) in [4.78, 5) is 15.2. The van der Waals surface area contributed by atoms with E-state index in [0.717, 1.165) is 17.2 Å². The van der Waals surface area contributed by atoms with Gasteiger partial charge in [0.25, 0.3) is 0 Å². The molecule has 19 heavy (non-hydrogen) atoms. The van der Waals surface area contributed by atoms with E-state index < -0.39 is 0 Å². The number of carbonyl (C=O) groups excluding carboxylic acids is 1. The van der Waals surface area contributed by atoms with Crippen LogP contribution in [0.3, 0.4) is 0 Å². The van der Waals surface area contributed by atoms with Crippen LogP contribution < -0.4 is 10.6 Å². The van der Waals surface area contributed by atoms with Gasteiger partial charge in [0.1, 0.15) is 5.01 Å². The Balaban J connectivity index is 1.88. The van der Waals surface area contributed by atoms with Gasteiger partial charge in [-0.15, -0.1) is 11.3 Å². The molecule has 0 saturated heterocycles. The van der Waals surface area contributed by atoms with Crippen molar-refractivity contribution in [2.24, 2.45) is 0 Å². The maximum Gasteiger partial charge on any atom is 0.221 e. The number of hydrogen-bond acceptors (Lipinski definition) is 4. The van der Waals surface area contributed by atoms with Crippen LogP contribution in [-0.4, -0.2) is 10.9 Å². The first-order chi connectivity index (χ1) is 9.15. The Morgan fingerprint density at radius 3 is 2.68 bits per heavy atom. The van der Waals surface area contributed by atoms with Crippen LogP contribution in [0.2, 0.25) is 0 Å². The maximum atomic E-state index is 10.9. The molecule has 0 aliphatic carbocycles. The first-order valence-corrected chi connectivity index (χ1v) is 7.02. The molecular formula is C14H17N3OS. The minimum atomic E-state index is -0.0525. The Morgan fingerprint density at radius 2 is 2.11 bits per heavy atom. The quantitative estimate of drug-likeness (QED) is 0.882. The molecule has 1 atom stereocenters. The van der Waals surface area contributed by atoms with Crippen LogP contribution in [0.1, 0.15) is 30.5 Å². The largest absolute Gasteiger partial charge is 0.326 e. The average molecular weight is 275 g/mol. The zero-order chi connectivity index (χ0) is 13.7. The van der Waals surface area contributed by atoms with E-state index in [2.05, 4.69) is 22.5 Å². The van der Waals surface area contributed by atoms with E-state index in [4.69, 9.17) is 0 Å². The Kier molecular flexibility index (Phi) is 4.65. The van der Waals surface area contributed by atoms with Crippen molar-refractivity contribution in [3.05, 3.63) is 46.4 Å². The van der Waals surface area contributed by atoms with Gasteiger partial charge in [0.2, 0.25) is 5.91 Å². The van der Waals surface area contributed by atoms with Crippen LogP contribution in [0, 0.1) is 0 Å². The molecule has 0 saturated carbocycles. The Bertz CT molecular complexity index is 522. The highest BCUT2D eigenvalue weighted by Crippen LogP contribution is 2.16. The van der Waals surface area contributed by atoms with Crippen molar-refractivity contribution in [2.45, 2.75) is 26.4 Å². The number of benzene rings is 1. The molecular weight excluding hydrogens is 258 g/mol. The van der Waals surface area contributed by atoms with Crippen molar-refractivity contribution >= 4 is 22.9 Å². The molecule has 0 aliphatic heterocycles. The average Bonchev–Trinajstić information content (AvgIpc) is 2.91. The van der Waals surface area contributed by atoms with E-state index in [1.165, 1.54) is 12.5 Å². The van der Waals surface area contributed by atoms with E-state index in [-0.39, 0.29) is 11.9 Å². The number of nitrogens with one attached hydrogen (secondary N) is 2. The van der Waals surface area contributed by atoms with Crippen LogP contribution in [0.15, 0.2) is 35.8 Å². The lowest BCUT2D eigenvalue weighted by Gasteiger charge is -2.11. The lowest BCUT2D eigenvalue weighted by atomic mass is 10.2. The molecule has 0 spiro atoms. The molecule has 1 heterocycles. The van der Waals surface area contributed by atoms with Crippen LogP contribution in [0.5, 0.6) is 0 Å². The van der Waals surface area contributed by atoms with Crippen LogP contribution in [0.25, 0.3) is 0 Å². The number of rotatable bonds is 5. The highest BCUT2D eigenvalue weighted by molar-refractivity contribution is 7.09. The molecule has 0 bridgehead atoms. The first-order valence-electron chi connectivity index (χ1n) is 6.14. The molecule has 0 radical (unpaired) electrons. The van der Waals surface area contributed by atoms with Crippen molar-refractivity contribution in [2.75, 3.05) is 5.32 Å². The Morgan fingerprint density at radius 1 is 1.37 bits per heavy atom. The summed E-state index contributed by atoms with van der Waals surface area (Å²) < 4.78 is 0. The van der Waals surface area contributed by atoms with Crippen LogP contribution >= 0.6 is 11.3 Å². The fourth-order valence-electron chi connectivity index (χ4n) is 1.72. The number of aromatic nitrogens is 1. The molecule has 2 aromatic rings. The number of anilines is 1. The Hall–Kier alpha value is -1.72. The van der Waals surface area contributed by atoms with E-state index in [0.29, 0.717) is 0 Å². The van der Waals surface area contributed by atoms with Crippen LogP contribution in [-0.2, 0) is 11.3 Å². The predicted octanol–water partition coefficient (Wildman–Crippen LogP) is 2.95. The van der Waals surface area contributed by atoms with Crippen molar-refractivity contribution in [1.29, 1.82) is 0 Å². The van der Waals surface area contributed by atoms with Crippen molar-refractivity contribution in [1.82, 2.24) is 10.3 Å². The Labute approximate surface area is 116 Å². The minimum absolute atomic E-state index is 0.0525. The molecule has 0 fully saturated rings. The molecule has 2 rings (SSSR count). The molecule has 1 aromatic carbocycles. The summed E-state index contributed by atoms with van der Waals surface area (Å²) in [7, 11) is 0. The fraction of sp³-hybridized carbons (Fsp3) is 0.286. The summed E-state index contributed by atoms with van der Waals surface area (Å²) in [6.45, 7) is 4.39. The molecule has 4 nitrogen and oxygen atoms in total. The predicted molar refractivity (Wildman–Crippen MR) is 78.1 cm³/mol. The van der Waals surface area contributed by atoms with Gasteiger partial charge in [-0.2, -0.15) is 0 Å². The monoisotopic (exact) mass is 275 g/mol. The fourth-order valence-corrected chi connectivity index (χ4v) is 2.39. The second-order valence-electron chi connectivity index (χ2n) is 4.35. The first kappa shape index (κ1) is 13.7. The van der Waals surface area contributed by atoms with Gasteiger partial charge in [-0.05, 0) is 24.6 Å². The highest BCUT2D eigenvalue weighted by atomic mass is 32.1. The van der Waals surface area contributed by atoms with Gasteiger partial charge in [0, 0.05) is 30.7 Å². The molecule has 5 heteroatoms. The molecule has 0 aliphatic rings. The van der Waals surface area contributed by atoms with Gasteiger partial charge in [-0.25, -0.2) is 4.98 Å². The second kappa shape index (κ2) is 6.45. The number of nitrogens with zero attached hydrogens (tertiary/aromatic N) is 1. The number of thiazole rings is 1. The summed E-state index contributed by atoms with van der Waals surface area (Å²) in [6, 6.07) is 8.08. The molecule has 1 amide bonds. The zero-order valence-corrected chi connectivity index (χ0v) is 11.8. The van der Waals surface area contributed by atoms with Gasteiger partial charge in [-0.3, -0.25) is 4.79 Å². The van der Waals surface area contributed by atoms with Gasteiger partial charge < -0.3 is 10.6 Å². The second-order valence-corrected chi connectivity index (χ2v) is 5.28. The third-order valence-electron chi connectivity index (χ3n) is 2.71. The van der Waals surface area contributed by atoms with E-state index in [1.54, 1.807) is 11.3 Å². The highest BCUT2D eigenvalue weighted by Gasteiger charge is 2.06. The summed E-state index contributed by atoms with van der Waals surface area (Å²) in [5.74, 6) is -0.0525. The number of amides is 1. The molecule has 100 valence electrons. The van der Waals surface area contributed by atoms with Crippen molar-refractivity contribution < 1.29 is 4.79 Å². The lowest BCUT2D eigenvalue weighted by Crippen LogP contribution is -2.17. The maximum absolute atomic E-state index is 10.9. The van der Waals surface area contributed by atoms with Crippen molar-refractivity contribution in [3.63, 3.8) is 0 Å². The minimum Gasteiger partial charge on any atom is -0.326 e. The molecule has 2 N–H and O–H groups in total. The third kappa shape index (κ3) is 4.15. The lowest BCUT2D eigenvalue weighted by molar-refractivity contribution is -0.114. The molecule has 1 aromatic heterocycles. The van der Waals surface area contributed by atoms with Gasteiger partial charge in [0.05, 0.1) is 6.04 Å². The summed E-state index contributed by atoms with van der Waals surface area (Å²) >= 11 is 1.65. The zero-order valence-electron chi connectivity index (χ0n) is 11.0. The summed E-state index contributed by atoms with van der Waals surface area (Å²) in [5, 5.41) is 9.25.